The van der Waals surface area contributed by atoms with Crippen LogP contribution in [0.5, 0.6) is 5.75 Å². The van der Waals surface area contributed by atoms with Gasteiger partial charge in [-0.1, -0.05) is 12.1 Å². The van der Waals surface area contributed by atoms with Crippen LogP contribution < -0.4 is 4.74 Å². The summed E-state index contributed by atoms with van der Waals surface area (Å²) in [4.78, 5) is 4.50. The predicted octanol–water partition coefficient (Wildman–Crippen LogP) is 3.46. The second-order valence-electron chi connectivity index (χ2n) is 4.40. The highest BCUT2D eigenvalue weighted by atomic mass is 19.1. The van der Waals surface area contributed by atoms with Crippen molar-refractivity contribution in [1.82, 2.24) is 9.38 Å². The van der Waals surface area contributed by atoms with Crippen LogP contribution in [-0.2, 0) is 0 Å². The molecule has 0 aliphatic carbocycles. The van der Waals surface area contributed by atoms with Gasteiger partial charge in [0, 0.05) is 18.0 Å². The van der Waals surface area contributed by atoms with Crippen LogP contribution in [0.25, 0.3) is 16.9 Å². The minimum Gasteiger partial charge on any atom is -0.493 e. The monoisotopic (exact) mass is 256 g/mol. The molecule has 2 aromatic heterocycles. The second kappa shape index (κ2) is 4.39. The van der Waals surface area contributed by atoms with Crippen LogP contribution in [0.3, 0.4) is 0 Å². The van der Waals surface area contributed by atoms with E-state index >= 15 is 0 Å². The van der Waals surface area contributed by atoms with Gasteiger partial charge < -0.3 is 9.14 Å². The molecule has 0 saturated carbocycles. The van der Waals surface area contributed by atoms with Crippen LogP contribution in [0.1, 0.15) is 5.56 Å². The van der Waals surface area contributed by atoms with E-state index in [-0.39, 0.29) is 5.82 Å². The standard InChI is InChI=1S/C15H13FN2O/c1-10-5-6-11(8-12(10)16)13-9-18-7-3-4-14(19-2)15(18)17-13/h3-9H,1-2H3. The predicted molar refractivity (Wildman–Crippen MR) is 71.9 cm³/mol. The van der Waals surface area contributed by atoms with Crippen molar-refractivity contribution in [2.75, 3.05) is 7.11 Å². The molecule has 19 heavy (non-hydrogen) atoms. The molecular weight excluding hydrogens is 243 g/mol. The number of pyridine rings is 1. The highest BCUT2D eigenvalue weighted by molar-refractivity contribution is 5.66. The Morgan fingerprint density at radius 2 is 2.11 bits per heavy atom. The highest BCUT2D eigenvalue weighted by Gasteiger charge is 2.09. The van der Waals surface area contributed by atoms with Crippen molar-refractivity contribution >= 4 is 5.65 Å². The third kappa shape index (κ3) is 1.95. The third-order valence-corrected chi connectivity index (χ3v) is 3.13. The number of ether oxygens (including phenoxy) is 1. The molecule has 0 spiro atoms. The maximum atomic E-state index is 13.6. The Bertz CT molecular complexity index is 749. The van der Waals surface area contributed by atoms with Crippen LogP contribution >= 0.6 is 0 Å². The van der Waals surface area contributed by atoms with Crippen molar-refractivity contribution < 1.29 is 9.13 Å². The molecular formula is C15H13FN2O. The highest BCUT2D eigenvalue weighted by Crippen LogP contribution is 2.25. The van der Waals surface area contributed by atoms with Crippen molar-refractivity contribution in [3.8, 4) is 17.0 Å². The fourth-order valence-corrected chi connectivity index (χ4v) is 2.04. The maximum Gasteiger partial charge on any atom is 0.180 e. The first-order valence-electron chi connectivity index (χ1n) is 5.97. The summed E-state index contributed by atoms with van der Waals surface area (Å²) < 4.78 is 20.7. The number of halogens is 1. The van der Waals surface area contributed by atoms with Crippen molar-refractivity contribution in [1.29, 1.82) is 0 Å². The molecule has 0 aliphatic heterocycles. The van der Waals surface area contributed by atoms with Gasteiger partial charge in [0.05, 0.1) is 12.8 Å². The summed E-state index contributed by atoms with van der Waals surface area (Å²) in [6.45, 7) is 1.74. The molecule has 0 atom stereocenters. The minimum absolute atomic E-state index is 0.221. The molecule has 3 nitrogen and oxygen atoms in total. The number of hydrogen-bond donors (Lipinski definition) is 0. The molecule has 1 aromatic carbocycles. The number of methoxy groups -OCH3 is 1. The zero-order valence-corrected chi connectivity index (χ0v) is 10.7. The van der Waals surface area contributed by atoms with E-state index in [1.807, 2.05) is 35.0 Å². The molecule has 0 aliphatic rings. The van der Waals surface area contributed by atoms with Crippen LogP contribution in [0.15, 0.2) is 42.7 Å². The average Bonchev–Trinajstić information content (AvgIpc) is 2.85. The lowest BCUT2D eigenvalue weighted by molar-refractivity contribution is 0.417. The number of hydrogen-bond acceptors (Lipinski definition) is 2. The van der Waals surface area contributed by atoms with E-state index < -0.39 is 0 Å². The number of nitrogens with zero attached hydrogens (tertiary/aromatic N) is 2. The minimum atomic E-state index is -0.221. The summed E-state index contributed by atoms with van der Waals surface area (Å²) in [5.74, 6) is 0.475. The molecule has 0 saturated heterocycles. The van der Waals surface area contributed by atoms with E-state index in [0.29, 0.717) is 11.3 Å². The lowest BCUT2D eigenvalue weighted by atomic mass is 10.1. The summed E-state index contributed by atoms with van der Waals surface area (Å²) in [6.07, 6.45) is 3.75. The quantitative estimate of drug-likeness (QED) is 0.702. The molecule has 4 heteroatoms. The van der Waals surface area contributed by atoms with Gasteiger partial charge in [-0.25, -0.2) is 9.37 Å². The van der Waals surface area contributed by atoms with Gasteiger partial charge >= 0.3 is 0 Å². The molecule has 0 unspecified atom stereocenters. The zero-order valence-electron chi connectivity index (χ0n) is 10.7. The lowest BCUT2D eigenvalue weighted by Gasteiger charge is -2.00. The van der Waals surface area contributed by atoms with Crippen molar-refractivity contribution in [2.24, 2.45) is 0 Å². The van der Waals surface area contributed by atoms with E-state index in [4.69, 9.17) is 4.74 Å². The Labute approximate surface area is 110 Å². The number of fused-ring (bicyclic) bond motifs is 1. The van der Waals surface area contributed by atoms with Gasteiger partial charge in [-0.05, 0) is 30.7 Å². The average molecular weight is 256 g/mol. The molecule has 96 valence electrons. The summed E-state index contributed by atoms with van der Waals surface area (Å²) >= 11 is 0. The Morgan fingerprint density at radius 1 is 1.26 bits per heavy atom. The first-order chi connectivity index (χ1) is 9.19. The van der Waals surface area contributed by atoms with Gasteiger partial charge in [0.1, 0.15) is 5.82 Å². The zero-order chi connectivity index (χ0) is 13.4. The molecule has 0 amide bonds. The molecule has 2 heterocycles. The Morgan fingerprint density at radius 3 is 2.84 bits per heavy atom. The van der Waals surface area contributed by atoms with Gasteiger partial charge in [-0.3, -0.25) is 0 Å². The normalized spacial score (nSPS) is 10.9. The molecule has 0 N–H and O–H groups in total. The summed E-state index contributed by atoms with van der Waals surface area (Å²) in [5.41, 5.74) is 2.84. The van der Waals surface area contributed by atoms with E-state index in [1.165, 1.54) is 6.07 Å². The summed E-state index contributed by atoms with van der Waals surface area (Å²) in [6, 6.07) is 8.86. The Kier molecular flexibility index (Phi) is 2.71. The number of aromatic nitrogens is 2. The maximum absolute atomic E-state index is 13.6. The Balaban J connectivity index is 2.17. The van der Waals surface area contributed by atoms with E-state index in [1.54, 1.807) is 20.1 Å². The molecule has 0 fully saturated rings. The van der Waals surface area contributed by atoms with E-state index in [0.717, 1.165) is 16.9 Å². The van der Waals surface area contributed by atoms with Gasteiger partial charge in [0.2, 0.25) is 0 Å². The molecule has 0 bridgehead atoms. The number of benzene rings is 1. The van der Waals surface area contributed by atoms with Crippen molar-refractivity contribution in [3.05, 3.63) is 54.1 Å². The van der Waals surface area contributed by atoms with Gasteiger partial charge in [-0.15, -0.1) is 0 Å². The topological polar surface area (TPSA) is 26.5 Å². The fraction of sp³-hybridized carbons (Fsp3) is 0.133. The molecule has 0 radical (unpaired) electrons. The van der Waals surface area contributed by atoms with Crippen LogP contribution in [0, 0.1) is 12.7 Å². The third-order valence-electron chi connectivity index (χ3n) is 3.13. The molecule has 3 aromatic rings. The van der Waals surface area contributed by atoms with Gasteiger partial charge in [0.15, 0.2) is 11.4 Å². The fourth-order valence-electron chi connectivity index (χ4n) is 2.04. The first-order valence-corrected chi connectivity index (χ1v) is 5.97. The number of imidazole rings is 1. The SMILES string of the molecule is COc1cccn2cc(-c3ccc(C)c(F)c3)nc12. The summed E-state index contributed by atoms with van der Waals surface area (Å²) in [5, 5.41) is 0. The summed E-state index contributed by atoms with van der Waals surface area (Å²) in [7, 11) is 1.61. The Hall–Kier alpha value is -2.36. The van der Waals surface area contributed by atoms with E-state index in [2.05, 4.69) is 4.98 Å². The largest absolute Gasteiger partial charge is 0.493 e. The van der Waals surface area contributed by atoms with Gasteiger partial charge in [0.25, 0.3) is 0 Å². The van der Waals surface area contributed by atoms with E-state index in [9.17, 15) is 4.39 Å². The van der Waals surface area contributed by atoms with Crippen LogP contribution in [0.2, 0.25) is 0 Å². The van der Waals surface area contributed by atoms with Crippen molar-refractivity contribution in [2.45, 2.75) is 6.92 Å². The van der Waals surface area contributed by atoms with Crippen LogP contribution in [-0.4, -0.2) is 16.5 Å². The van der Waals surface area contributed by atoms with Crippen molar-refractivity contribution in [3.63, 3.8) is 0 Å². The second-order valence-corrected chi connectivity index (χ2v) is 4.40. The first kappa shape index (κ1) is 11.7. The molecule has 3 rings (SSSR count). The smallest absolute Gasteiger partial charge is 0.180 e. The van der Waals surface area contributed by atoms with Crippen LogP contribution in [0.4, 0.5) is 4.39 Å². The number of rotatable bonds is 2. The number of aryl methyl sites for hydroxylation is 1. The van der Waals surface area contributed by atoms with Gasteiger partial charge in [-0.2, -0.15) is 0 Å². The lowest BCUT2D eigenvalue weighted by Crippen LogP contribution is -1.88.